The Balaban J connectivity index is 2.59. The van der Waals surface area contributed by atoms with E-state index < -0.39 is 5.97 Å². The lowest BCUT2D eigenvalue weighted by Crippen LogP contribution is -2.05. The number of benzene rings is 1. The number of H-pyrrole nitrogens is 1. The standard InChI is InChI=1S/C16H16N2O4/c1-3-12-14(16(21)22)13(8-19)18-15(12)10-5-4-6-11(7-10)17-9(2)20/h4-8,18H,3H2,1-2H3,(H,17,20)(H,21,22). The highest BCUT2D eigenvalue weighted by molar-refractivity contribution is 6.00. The molecule has 6 nitrogen and oxygen atoms in total. The van der Waals surface area contributed by atoms with Crippen LogP contribution in [0.15, 0.2) is 24.3 Å². The number of hydrogen-bond acceptors (Lipinski definition) is 3. The van der Waals surface area contributed by atoms with E-state index in [1.165, 1.54) is 6.92 Å². The van der Waals surface area contributed by atoms with E-state index >= 15 is 0 Å². The summed E-state index contributed by atoms with van der Waals surface area (Å²) in [5.74, 6) is -1.33. The number of carboxylic acid groups (broad SMARTS) is 1. The Labute approximate surface area is 127 Å². The van der Waals surface area contributed by atoms with Crippen LogP contribution in [0, 0.1) is 0 Å². The van der Waals surface area contributed by atoms with Crippen LogP contribution in [-0.2, 0) is 11.2 Å². The van der Waals surface area contributed by atoms with Gasteiger partial charge in [0.25, 0.3) is 0 Å². The van der Waals surface area contributed by atoms with Gasteiger partial charge in [-0.05, 0) is 24.1 Å². The molecule has 1 heterocycles. The van der Waals surface area contributed by atoms with Crippen molar-refractivity contribution < 1.29 is 19.5 Å². The predicted octanol–water partition coefficient (Wildman–Crippen LogP) is 2.71. The number of hydrogen-bond donors (Lipinski definition) is 3. The van der Waals surface area contributed by atoms with Gasteiger partial charge in [-0.2, -0.15) is 0 Å². The number of aromatic nitrogens is 1. The predicted molar refractivity (Wildman–Crippen MR) is 82.3 cm³/mol. The first kappa shape index (κ1) is 15.5. The van der Waals surface area contributed by atoms with E-state index in [4.69, 9.17) is 0 Å². The molecule has 0 fully saturated rings. The lowest BCUT2D eigenvalue weighted by molar-refractivity contribution is -0.114. The van der Waals surface area contributed by atoms with Gasteiger partial charge in [0.15, 0.2) is 6.29 Å². The highest BCUT2D eigenvalue weighted by Crippen LogP contribution is 2.30. The number of amides is 1. The zero-order valence-corrected chi connectivity index (χ0v) is 12.3. The van der Waals surface area contributed by atoms with Crippen LogP contribution in [0.1, 0.15) is 40.3 Å². The second kappa shape index (κ2) is 6.26. The van der Waals surface area contributed by atoms with E-state index in [-0.39, 0.29) is 17.2 Å². The molecule has 0 atom stereocenters. The number of carbonyl (C=O) groups is 3. The van der Waals surface area contributed by atoms with Crippen LogP contribution in [0.5, 0.6) is 0 Å². The second-order valence-electron chi connectivity index (χ2n) is 4.81. The van der Waals surface area contributed by atoms with E-state index in [0.29, 0.717) is 35.2 Å². The monoisotopic (exact) mass is 300 g/mol. The number of nitrogens with one attached hydrogen (secondary N) is 2. The van der Waals surface area contributed by atoms with Crippen LogP contribution in [0.2, 0.25) is 0 Å². The SMILES string of the molecule is CCc1c(-c2cccc(NC(C)=O)c2)[nH]c(C=O)c1C(=O)O. The van der Waals surface area contributed by atoms with Crippen molar-refractivity contribution in [1.29, 1.82) is 0 Å². The Bertz CT molecular complexity index is 747. The first-order valence-corrected chi connectivity index (χ1v) is 6.79. The third-order valence-electron chi connectivity index (χ3n) is 3.29. The zero-order chi connectivity index (χ0) is 16.3. The average Bonchev–Trinajstić information content (AvgIpc) is 2.85. The van der Waals surface area contributed by atoms with Crippen molar-refractivity contribution in [2.75, 3.05) is 5.32 Å². The van der Waals surface area contributed by atoms with E-state index in [1.54, 1.807) is 24.3 Å². The van der Waals surface area contributed by atoms with Crippen LogP contribution in [-0.4, -0.2) is 28.3 Å². The first-order chi connectivity index (χ1) is 10.5. The smallest absolute Gasteiger partial charge is 0.338 e. The molecule has 0 spiro atoms. The summed E-state index contributed by atoms with van der Waals surface area (Å²) in [6, 6.07) is 7.00. The minimum atomic E-state index is -1.14. The average molecular weight is 300 g/mol. The number of aldehydes is 1. The summed E-state index contributed by atoms with van der Waals surface area (Å²) >= 11 is 0. The first-order valence-electron chi connectivity index (χ1n) is 6.79. The number of carbonyl (C=O) groups excluding carboxylic acids is 2. The van der Waals surface area contributed by atoms with Crippen LogP contribution >= 0.6 is 0 Å². The maximum Gasteiger partial charge on any atom is 0.338 e. The maximum atomic E-state index is 11.4. The third-order valence-corrected chi connectivity index (χ3v) is 3.29. The number of aromatic carboxylic acids is 1. The largest absolute Gasteiger partial charge is 0.478 e. The summed E-state index contributed by atoms with van der Waals surface area (Å²) in [5, 5.41) is 12.0. The van der Waals surface area contributed by atoms with Crippen LogP contribution in [0.3, 0.4) is 0 Å². The Hall–Kier alpha value is -2.89. The van der Waals surface area contributed by atoms with Crippen molar-refractivity contribution in [3.05, 3.63) is 41.1 Å². The number of carboxylic acids is 1. The van der Waals surface area contributed by atoms with Gasteiger partial charge in [-0.25, -0.2) is 4.79 Å². The third kappa shape index (κ3) is 2.90. The van der Waals surface area contributed by atoms with Crippen molar-refractivity contribution in [3.63, 3.8) is 0 Å². The number of aromatic amines is 1. The van der Waals surface area contributed by atoms with Gasteiger partial charge < -0.3 is 15.4 Å². The molecule has 0 saturated heterocycles. The van der Waals surface area contributed by atoms with Gasteiger partial charge >= 0.3 is 5.97 Å². The van der Waals surface area contributed by atoms with Crippen molar-refractivity contribution >= 4 is 23.9 Å². The topological polar surface area (TPSA) is 99.3 Å². The Morgan fingerprint density at radius 3 is 2.64 bits per heavy atom. The van der Waals surface area contributed by atoms with Gasteiger partial charge in [0.1, 0.15) is 0 Å². The van der Waals surface area contributed by atoms with E-state index in [1.807, 2.05) is 6.92 Å². The molecule has 22 heavy (non-hydrogen) atoms. The highest BCUT2D eigenvalue weighted by atomic mass is 16.4. The van der Waals surface area contributed by atoms with Crippen molar-refractivity contribution in [2.45, 2.75) is 20.3 Å². The summed E-state index contributed by atoms with van der Waals surface area (Å²) in [6.07, 6.45) is 0.968. The van der Waals surface area contributed by atoms with Crippen molar-refractivity contribution in [1.82, 2.24) is 4.98 Å². The molecule has 2 rings (SSSR count). The minimum absolute atomic E-state index is 0.00238. The molecule has 2 aromatic rings. The lowest BCUT2D eigenvalue weighted by atomic mass is 10.0. The molecule has 3 N–H and O–H groups in total. The van der Waals surface area contributed by atoms with Gasteiger partial charge in [0, 0.05) is 18.2 Å². The van der Waals surface area contributed by atoms with Crippen molar-refractivity contribution in [3.8, 4) is 11.3 Å². The van der Waals surface area contributed by atoms with Crippen LogP contribution in [0.25, 0.3) is 11.3 Å². The molecule has 0 aliphatic heterocycles. The molecule has 0 saturated carbocycles. The molecule has 114 valence electrons. The highest BCUT2D eigenvalue weighted by Gasteiger charge is 2.22. The molecule has 0 bridgehead atoms. The molecule has 0 aliphatic rings. The zero-order valence-electron chi connectivity index (χ0n) is 12.3. The fourth-order valence-electron chi connectivity index (χ4n) is 2.45. The Morgan fingerprint density at radius 2 is 2.09 bits per heavy atom. The van der Waals surface area contributed by atoms with Gasteiger partial charge in [-0.3, -0.25) is 9.59 Å². The molecule has 1 amide bonds. The van der Waals surface area contributed by atoms with Crippen LogP contribution in [0.4, 0.5) is 5.69 Å². The molecule has 0 radical (unpaired) electrons. The Morgan fingerprint density at radius 1 is 1.36 bits per heavy atom. The normalized spacial score (nSPS) is 10.3. The molecule has 1 aromatic heterocycles. The summed E-state index contributed by atoms with van der Waals surface area (Å²) in [4.78, 5) is 36.5. The minimum Gasteiger partial charge on any atom is -0.478 e. The molecule has 1 aromatic carbocycles. The van der Waals surface area contributed by atoms with Gasteiger partial charge in [-0.1, -0.05) is 19.1 Å². The summed E-state index contributed by atoms with van der Waals surface area (Å²) in [6.45, 7) is 3.23. The van der Waals surface area contributed by atoms with Crippen LogP contribution < -0.4 is 5.32 Å². The molecule has 0 aliphatic carbocycles. The Kier molecular flexibility index (Phi) is 4.41. The number of anilines is 1. The molecular formula is C16H16N2O4. The van der Waals surface area contributed by atoms with E-state index in [9.17, 15) is 19.5 Å². The molecule has 6 heteroatoms. The van der Waals surface area contributed by atoms with E-state index in [2.05, 4.69) is 10.3 Å². The quantitative estimate of drug-likeness (QED) is 0.739. The lowest BCUT2D eigenvalue weighted by Gasteiger charge is -2.07. The fraction of sp³-hybridized carbons (Fsp3) is 0.188. The summed E-state index contributed by atoms with van der Waals surface area (Å²) in [7, 11) is 0. The van der Waals surface area contributed by atoms with Gasteiger partial charge in [0.2, 0.25) is 5.91 Å². The summed E-state index contributed by atoms with van der Waals surface area (Å²) < 4.78 is 0. The van der Waals surface area contributed by atoms with E-state index in [0.717, 1.165) is 0 Å². The second-order valence-corrected chi connectivity index (χ2v) is 4.81. The van der Waals surface area contributed by atoms with Gasteiger partial charge in [0.05, 0.1) is 17.0 Å². The fourth-order valence-corrected chi connectivity index (χ4v) is 2.45. The number of rotatable bonds is 5. The molecular weight excluding hydrogens is 284 g/mol. The summed E-state index contributed by atoms with van der Waals surface area (Å²) in [5.41, 5.74) is 2.50. The molecule has 0 unspecified atom stereocenters. The maximum absolute atomic E-state index is 11.4. The van der Waals surface area contributed by atoms with Crippen molar-refractivity contribution in [2.24, 2.45) is 0 Å². The van der Waals surface area contributed by atoms with Gasteiger partial charge in [-0.15, -0.1) is 0 Å².